The molecule has 0 saturated heterocycles. The van der Waals surface area contributed by atoms with Crippen molar-refractivity contribution in [2.45, 2.75) is 31.2 Å². The van der Waals surface area contributed by atoms with E-state index in [-0.39, 0.29) is 24.0 Å². The molecule has 0 amide bonds. The normalized spacial score (nSPS) is 20.0. The quantitative estimate of drug-likeness (QED) is 0.216. The molecule has 0 bridgehead atoms. The molecule has 0 radical (unpaired) electrons. The third-order valence-electron chi connectivity index (χ3n) is 3.88. The topological polar surface area (TPSA) is 27.6 Å². The molecule has 1 aromatic rings. The highest BCUT2D eigenvalue weighted by molar-refractivity contribution is 14.0. The summed E-state index contributed by atoms with van der Waals surface area (Å²) in [6, 6.07) is 9.13. The lowest BCUT2D eigenvalue weighted by Gasteiger charge is -2.22. The largest absolute Gasteiger partial charge is 0.353 e. The smallest absolute Gasteiger partial charge is 0.193 e. The lowest BCUT2D eigenvalue weighted by molar-refractivity contribution is 0.469. The predicted octanol–water partition coefficient (Wildman–Crippen LogP) is 4.40. The lowest BCUT2D eigenvalue weighted by atomic mass is 10.1. The van der Waals surface area contributed by atoms with Gasteiger partial charge in [-0.2, -0.15) is 0 Å². The molecule has 122 valence electrons. The molecule has 3 nitrogen and oxygen atoms in total. The molecule has 2 atom stereocenters. The first-order valence-corrected chi connectivity index (χ1v) is 8.25. The van der Waals surface area contributed by atoms with Crippen LogP contribution in [0.2, 0.25) is 0 Å². The summed E-state index contributed by atoms with van der Waals surface area (Å²) < 4.78 is 1.13. The zero-order valence-electron chi connectivity index (χ0n) is 13.3. The average molecular weight is 478 g/mol. The van der Waals surface area contributed by atoms with Crippen molar-refractivity contribution in [2.75, 3.05) is 20.6 Å². The molecule has 1 fully saturated rings. The second-order valence-electron chi connectivity index (χ2n) is 5.54. The fourth-order valence-corrected chi connectivity index (χ4v) is 2.79. The van der Waals surface area contributed by atoms with Crippen LogP contribution in [-0.2, 0) is 0 Å². The Balaban J connectivity index is 0.00000242. The number of rotatable bonds is 6. The molecule has 5 heteroatoms. The van der Waals surface area contributed by atoms with Crippen molar-refractivity contribution in [3.8, 4) is 0 Å². The maximum atomic E-state index is 4.39. The number of nitrogens with one attached hydrogen (secondary N) is 1. The van der Waals surface area contributed by atoms with Crippen LogP contribution in [0.25, 0.3) is 0 Å². The van der Waals surface area contributed by atoms with Gasteiger partial charge in [0, 0.05) is 37.1 Å². The number of hydrogen-bond donors (Lipinski definition) is 1. The summed E-state index contributed by atoms with van der Waals surface area (Å²) in [6.45, 7) is 4.76. The van der Waals surface area contributed by atoms with Gasteiger partial charge in [0.1, 0.15) is 0 Å². The van der Waals surface area contributed by atoms with Gasteiger partial charge in [0.25, 0.3) is 0 Å². The van der Waals surface area contributed by atoms with Gasteiger partial charge in [-0.1, -0.05) is 34.1 Å². The number of allylic oxidation sites excluding steroid dienone is 1. The van der Waals surface area contributed by atoms with E-state index in [1.165, 1.54) is 12.0 Å². The van der Waals surface area contributed by atoms with Crippen LogP contribution in [0, 0.1) is 0 Å². The first kappa shape index (κ1) is 19.5. The Bertz CT molecular complexity index is 501. The molecule has 1 aliphatic carbocycles. The summed E-state index contributed by atoms with van der Waals surface area (Å²) in [6.07, 6.45) is 5.31. The Morgan fingerprint density at radius 3 is 2.73 bits per heavy atom. The van der Waals surface area contributed by atoms with Gasteiger partial charge in [0.15, 0.2) is 5.96 Å². The second kappa shape index (κ2) is 9.55. The van der Waals surface area contributed by atoms with E-state index in [1.807, 2.05) is 13.1 Å². The minimum absolute atomic E-state index is 0. The summed E-state index contributed by atoms with van der Waals surface area (Å²) >= 11 is 3.48. The second-order valence-corrected chi connectivity index (χ2v) is 6.46. The van der Waals surface area contributed by atoms with Gasteiger partial charge < -0.3 is 10.2 Å². The number of nitrogens with zero attached hydrogens (tertiary/aromatic N) is 2. The fourth-order valence-electron chi connectivity index (χ4n) is 2.52. The molecular formula is C17H25BrIN3. The molecule has 2 rings (SSSR count). The molecule has 0 aliphatic heterocycles. The van der Waals surface area contributed by atoms with Gasteiger partial charge in [-0.25, -0.2) is 0 Å². The Kier molecular flexibility index (Phi) is 8.46. The monoisotopic (exact) mass is 477 g/mol. The zero-order chi connectivity index (χ0) is 15.2. The molecule has 22 heavy (non-hydrogen) atoms. The van der Waals surface area contributed by atoms with E-state index < -0.39 is 0 Å². The number of guanidine groups is 1. The maximum absolute atomic E-state index is 4.39. The molecule has 2 unspecified atom stereocenters. The highest BCUT2D eigenvalue weighted by Gasteiger charge is 2.39. The number of aliphatic imine (C=N–C) groups is 1. The number of hydrogen-bond acceptors (Lipinski definition) is 1. The van der Waals surface area contributed by atoms with Crippen molar-refractivity contribution in [1.82, 2.24) is 10.2 Å². The van der Waals surface area contributed by atoms with E-state index in [4.69, 9.17) is 0 Å². The number of unbranched alkanes of at least 4 members (excludes halogenated alkanes) is 1. The van der Waals surface area contributed by atoms with Crippen LogP contribution in [-0.4, -0.2) is 37.5 Å². The minimum Gasteiger partial charge on any atom is -0.353 e. The Hall–Kier alpha value is -0.560. The van der Waals surface area contributed by atoms with Gasteiger partial charge >= 0.3 is 0 Å². The average Bonchev–Trinajstić information content (AvgIpc) is 3.25. The van der Waals surface area contributed by atoms with E-state index in [0.29, 0.717) is 12.0 Å². The van der Waals surface area contributed by atoms with E-state index in [9.17, 15) is 0 Å². The van der Waals surface area contributed by atoms with Crippen molar-refractivity contribution < 1.29 is 0 Å². The Morgan fingerprint density at radius 1 is 1.45 bits per heavy atom. The fraction of sp³-hybridized carbons (Fsp3) is 0.471. The first-order chi connectivity index (χ1) is 10.2. The van der Waals surface area contributed by atoms with Crippen LogP contribution in [0.5, 0.6) is 0 Å². The third kappa shape index (κ3) is 5.57. The number of halogens is 2. The minimum atomic E-state index is 0. The van der Waals surface area contributed by atoms with Crippen LogP contribution < -0.4 is 5.32 Å². The van der Waals surface area contributed by atoms with E-state index in [2.05, 4.69) is 69.0 Å². The molecular weight excluding hydrogens is 453 g/mol. The van der Waals surface area contributed by atoms with Crippen molar-refractivity contribution in [1.29, 1.82) is 0 Å². The van der Waals surface area contributed by atoms with Crippen LogP contribution >= 0.6 is 39.9 Å². The third-order valence-corrected chi connectivity index (χ3v) is 4.41. The van der Waals surface area contributed by atoms with Crippen LogP contribution in [0.3, 0.4) is 0 Å². The number of benzene rings is 1. The summed E-state index contributed by atoms with van der Waals surface area (Å²) in [5.41, 5.74) is 1.40. The van der Waals surface area contributed by atoms with Gasteiger partial charge in [0.2, 0.25) is 0 Å². The molecule has 1 aromatic carbocycles. The summed E-state index contributed by atoms with van der Waals surface area (Å²) in [5.74, 6) is 1.60. The molecule has 1 saturated carbocycles. The van der Waals surface area contributed by atoms with Crippen LogP contribution in [0.4, 0.5) is 0 Å². The van der Waals surface area contributed by atoms with E-state index >= 15 is 0 Å². The molecule has 0 heterocycles. The highest BCUT2D eigenvalue weighted by Crippen LogP contribution is 2.41. The van der Waals surface area contributed by atoms with Gasteiger partial charge in [0.05, 0.1) is 0 Å². The Morgan fingerprint density at radius 2 is 2.14 bits per heavy atom. The van der Waals surface area contributed by atoms with Gasteiger partial charge in [-0.05, 0) is 37.0 Å². The SMILES string of the molecule is C=CCCCN(C)C(=NC)NC1CC1c1ccc(Br)cc1.I. The zero-order valence-corrected chi connectivity index (χ0v) is 17.2. The molecule has 0 spiro atoms. The molecule has 1 aliphatic rings. The summed E-state index contributed by atoms with van der Waals surface area (Å²) in [7, 11) is 3.94. The van der Waals surface area contributed by atoms with E-state index in [0.717, 1.165) is 29.8 Å². The summed E-state index contributed by atoms with van der Waals surface area (Å²) in [4.78, 5) is 6.58. The Labute approximate surface area is 159 Å². The van der Waals surface area contributed by atoms with Crippen molar-refractivity contribution in [2.24, 2.45) is 4.99 Å². The van der Waals surface area contributed by atoms with Crippen molar-refractivity contribution in [3.05, 3.63) is 47.0 Å². The predicted molar refractivity (Wildman–Crippen MR) is 109 cm³/mol. The molecule has 0 aromatic heterocycles. The summed E-state index contributed by atoms with van der Waals surface area (Å²) in [5, 5.41) is 3.57. The van der Waals surface area contributed by atoms with Gasteiger partial charge in [-0.3, -0.25) is 4.99 Å². The van der Waals surface area contributed by atoms with Crippen LogP contribution in [0.1, 0.15) is 30.7 Å². The van der Waals surface area contributed by atoms with Crippen molar-refractivity contribution in [3.63, 3.8) is 0 Å². The maximum Gasteiger partial charge on any atom is 0.193 e. The van der Waals surface area contributed by atoms with E-state index in [1.54, 1.807) is 0 Å². The standard InChI is InChI=1S/C17H24BrN3.HI/c1-4-5-6-11-21(3)17(19-2)20-16-12-15(16)13-7-9-14(18)10-8-13;/h4,7-10,15-16H,1,5-6,11-12H2,2-3H3,(H,19,20);1H. The highest BCUT2D eigenvalue weighted by atomic mass is 127. The lowest BCUT2D eigenvalue weighted by Crippen LogP contribution is -2.40. The van der Waals surface area contributed by atoms with Crippen LogP contribution in [0.15, 0.2) is 46.4 Å². The molecule has 1 N–H and O–H groups in total. The van der Waals surface area contributed by atoms with Gasteiger partial charge in [-0.15, -0.1) is 30.6 Å². The van der Waals surface area contributed by atoms with Crippen molar-refractivity contribution >= 4 is 45.9 Å². The first-order valence-electron chi connectivity index (χ1n) is 7.46.